The number of amides is 1. The van der Waals surface area contributed by atoms with Crippen LogP contribution in [-0.2, 0) is 12.0 Å². The van der Waals surface area contributed by atoms with Crippen molar-refractivity contribution >= 4 is 11.6 Å². The molecule has 1 amide bonds. The highest BCUT2D eigenvalue weighted by atomic mass is 16.3. The molecule has 194 valence electrons. The van der Waals surface area contributed by atoms with Gasteiger partial charge in [-0.25, -0.2) is 0 Å². The van der Waals surface area contributed by atoms with E-state index in [1.807, 2.05) is 109 Å². The second-order valence-electron chi connectivity index (χ2n) is 10.8. The molecule has 0 fully saturated rings. The summed E-state index contributed by atoms with van der Waals surface area (Å²) in [4.78, 5) is 16.0. The number of aromatic hydroxyl groups is 1. The van der Waals surface area contributed by atoms with Gasteiger partial charge in [0.15, 0.2) is 0 Å². The summed E-state index contributed by atoms with van der Waals surface area (Å²) in [6, 6.07) is 41.6. The molecule has 5 aromatic carbocycles. The summed E-state index contributed by atoms with van der Waals surface area (Å²) >= 11 is 0. The molecule has 0 aromatic heterocycles. The molecular weight excluding hydrogens is 478 g/mol. The van der Waals surface area contributed by atoms with Gasteiger partial charge in [0.1, 0.15) is 5.75 Å². The van der Waals surface area contributed by atoms with Crippen molar-refractivity contribution in [1.29, 1.82) is 0 Å². The fraction of sp³-hybridized carbons (Fsp3) is 0.139. The third-order valence-electron chi connectivity index (χ3n) is 7.04. The van der Waals surface area contributed by atoms with E-state index in [9.17, 15) is 9.90 Å². The minimum Gasteiger partial charge on any atom is -0.508 e. The quantitative estimate of drug-likeness (QED) is 0.247. The zero-order valence-electron chi connectivity index (χ0n) is 22.6. The van der Waals surface area contributed by atoms with Crippen molar-refractivity contribution in [3.63, 3.8) is 0 Å². The van der Waals surface area contributed by atoms with Crippen molar-refractivity contribution in [1.82, 2.24) is 0 Å². The zero-order chi connectivity index (χ0) is 27.4. The largest absolute Gasteiger partial charge is 0.508 e. The molecule has 0 aliphatic carbocycles. The SMILES string of the molecule is CC(C)(C)c1ccc(O)c(CN(C(=O)c2ccc(-c3ccccc3)cc2)c2ccccc2-c2ccccc2)c1. The fourth-order valence-corrected chi connectivity index (χ4v) is 4.78. The van der Waals surface area contributed by atoms with Crippen LogP contribution in [0.3, 0.4) is 0 Å². The number of para-hydroxylation sites is 1. The Bertz CT molecular complexity index is 1570. The van der Waals surface area contributed by atoms with Gasteiger partial charge in [-0.15, -0.1) is 0 Å². The Morgan fingerprint density at radius 1 is 0.667 bits per heavy atom. The number of nitrogens with zero attached hydrogens (tertiary/aromatic N) is 1. The first-order valence-electron chi connectivity index (χ1n) is 13.3. The molecule has 3 nitrogen and oxygen atoms in total. The van der Waals surface area contributed by atoms with E-state index in [0.717, 1.165) is 33.5 Å². The van der Waals surface area contributed by atoms with Gasteiger partial charge >= 0.3 is 0 Å². The number of phenolic OH excluding ortho intramolecular Hbond substituents is 1. The number of phenols is 1. The van der Waals surface area contributed by atoms with Gasteiger partial charge in [0.25, 0.3) is 5.91 Å². The fourth-order valence-electron chi connectivity index (χ4n) is 4.78. The molecular formula is C36H33NO2. The maximum Gasteiger partial charge on any atom is 0.258 e. The predicted molar refractivity (Wildman–Crippen MR) is 161 cm³/mol. The van der Waals surface area contributed by atoms with Gasteiger partial charge in [0, 0.05) is 16.7 Å². The normalized spacial score (nSPS) is 11.3. The van der Waals surface area contributed by atoms with E-state index in [-0.39, 0.29) is 23.6 Å². The van der Waals surface area contributed by atoms with Crippen LogP contribution in [0.4, 0.5) is 5.69 Å². The van der Waals surface area contributed by atoms with Crippen molar-refractivity contribution in [3.8, 4) is 28.0 Å². The van der Waals surface area contributed by atoms with Gasteiger partial charge in [-0.2, -0.15) is 0 Å². The van der Waals surface area contributed by atoms with Crippen molar-refractivity contribution in [2.75, 3.05) is 4.90 Å². The van der Waals surface area contributed by atoms with Gasteiger partial charge in [0.05, 0.1) is 12.2 Å². The van der Waals surface area contributed by atoms with Gasteiger partial charge in [-0.05, 0) is 58.0 Å². The summed E-state index contributed by atoms with van der Waals surface area (Å²) in [5, 5.41) is 10.9. The monoisotopic (exact) mass is 511 g/mol. The summed E-state index contributed by atoms with van der Waals surface area (Å²) in [5.74, 6) is 0.0518. The van der Waals surface area contributed by atoms with Crippen molar-refractivity contribution in [2.24, 2.45) is 0 Å². The third-order valence-corrected chi connectivity index (χ3v) is 7.04. The van der Waals surface area contributed by atoms with Crippen LogP contribution in [0.25, 0.3) is 22.3 Å². The standard InChI is InChI=1S/C36H33NO2/c1-36(2,3)31-22-23-34(38)30(24-31)25-37(33-17-11-10-16-32(33)28-14-8-5-9-15-28)35(39)29-20-18-27(19-21-29)26-12-6-4-7-13-26/h4-24,38H,25H2,1-3H3. The van der Waals surface area contributed by atoms with Crippen molar-refractivity contribution < 1.29 is 9.90 Å². The molecule has 0 aliphatic heterocycles. The first-order valence-corrected chi connectivity index (χ1v) is 13.3. The average molecular weight is 512 g/mol. The Morgan fingerprint density at radius 2 is 1.23 bits per heavy atom. The summed E-state index contributed by atoms with van der Waals surface area (Å²) in [6.07, 6.45) is 0. The van der Waals surface area contributed by atoms with Crippen LogP contribution in [0.5, 0.6) is 5.75 Å². The number of hydrogen-bond acceptors (Lipinski definition) is 2. The second kappa shape index (κ2) is 11.0. The lowest BCUT2D eigenvalue weighted by molar-refractivity contribution is 0.0985. The zero-order valence-corrected chi connectivity index (χ0v) is 22.6. The molecule has 0 aliphatic rings. The Labute approximate surface area is 231 Å². The molecule has 0 heterocycles. The van der Waals surface area contributed by atoms with E-state index in [4.69, 9.17) is 0 Å². The van der Waals surface area contributed by atoms with E-state index in [1.165, 1.54) is 0 Å². The smallest absolute Gasteiger partial charge is 0.258 e. The Kier molecular flexibility index (Phi) is 7.33. The number of carbonyl (C=O) groups excluding carboxylic acids is 1. The highest BCUT2D eigenvalue weighted by Gasteiger charge is 2.24. The second-order valence-corrected chi connectivity index (χ2v) is 10.8. The minimum absolute atomic E-state index is 0.0908. The molecule has 5 rings (SSSR count). The van der Waals surface area contributed by atoms with Crippen molar-refractivity contribution in [3.05, 3.63) is 144 Å². The molecule has 0 saturated heterocycles. The first kappa shape index (κ1) is 26.0. The Morgan fingerprint density at radius 3 is 1.87 bits per heavy atom. The maximum atomic E-state index is 14.2. The summed E-state index contributed by atoms with van der Waals surface area (Å²) in [7, 11) is 0. The lowest BCUT2D eigenvalue weighted by Crippen LogP contribution is -2.31. The number of hydrogen-bond donors (Lipinski definition) is 1. The number of anilines is 1. The van der Waals surface area contributed by atoms with Crippen LogP contribution in [0.2, 0.25) is 0 Å². The molecule has 3 heteroatoms. The van der Waals surface area contributed by atoms with Crippen LogP contribution in [0, 0.1) is 0 Å². The van der Waals surface area contributed by atoms with Crippen molar-refractivity contribution in [2.45, 2.75) is 32.7 Å². The number of carbonyl (C=O) groups is 1. The number of benzene rings is 5. The van der Waals surface area contributed by atoms with Crippen LogP contribution in [0.1, 0.15) is 42.3 Å². The predicted octanol–water partition coefficient (Wildman–Crippen LogP) is 8.87. The van der Waals surface area contributed by atoms with E-state index < -0.39 is 0 Å². The Hall–Kier alpha value is -4.63. The summed E-state index contributed by atoms with van der Waals surface area (Å²) < 4.78 is 0. The topological polar surface area (TPSA) is 40.5 Å². The molecule has 5 aromatic rings. The van der Waals surface area contributed by atoms with Gasteiger partial charge in [-0.1, -0.05) is 118 Å². The first-order chi connectivity index (χ1) is 18.8. The minimum atomic E-state index is -0.126. The van der Waals surface area contributed by atoms with E-state index in [0.29, 0.717) is 11.1 Å². The lowest BCUT2D eigenvalue weighted by atomic mass is 9.86. The average Bonchev–Trinajstić information content (AvgIpc) is 2.97. The molecule has 0 radical (unpaired) electrons. The molecule has 0 atom stereocenters. The third kappa shape index (κ3) is 5.78. The maximum absolute atomic E-state index is 14.2. The van der Waals surface area contributed by atoms with Crippen LogP contribution >= 0.6 is 0 Å². The highest BCUT2D eigenvalue weighted by Crippen LogP contribution is 2.35. The van der Waals surface area contributed by atoms with Gasteiger partial charge < -0.3 is 10.0 Å². The van der Waals surface area contributed by atoms with Crippen LogP contribution in [-0.4, -0.2) is 11.0 Å². The van der Waals surface area contributed by atoms with Gasteiger partial charge in [0.2, 0.25) is 0 Å². The molecule has 0 unspecified atom stereocenters. The molecule has 1 N–H and O–H groups in total. The van der Waals surface area contributed by atoms with E-state index in [2.05, 4.69) is 32.9 Å². The van der Waals surface area contributed by atoms with Gasteiger partial charge in [-0.3, -0.25) is 4.79 Å². The molecule has 0 saturated carbocycles. The summed E-state index contributed by atoms with van der Waals surface area (Å²) in [6.45, 7) is 6.67. The Balaban J connectivity index is 1.59. The van der Waals surface area contributed by atoms with E-state index >= 15 is 0 Å². The van der Waals surface area contributed by atoms with E-state index in [1.54, 1.807) is 11.0 Å². The molecule has 0 spiro atoms. The van der Waals surface area contributed by atoms with Crippen LogP contribution in [0.15, 0.2) is 127 Å². The molecule has 39 heavy (non-hydrogen) atoms. The molecule has 0 bridgehead atoms. The van der Waals surface area contributed by atoms with Crippen LogP contribution < -0.4 is 4.90 Å². The highest BCUT2D eigenvalue weighted by molar-refractivity contribution is 6.08. The summed E-state index contributed by atoms with van der Waals surface area (Å²) in [5.41, 5.74) is 7.24. The lowest BCUT2D eigenvalue weighted by Gasteiger charge is -2.27. The number of rotatable bonds is 6.